The number of anilines is 1. The van der Waals surface area contributed by atoms with E-state index in [-0.39, 0.29) is 12.0 Å². The lowest BCUT2D eigenvalue weighted by Gasteiger charge is -2.14. The number of carbonyl (C=O) groups is 1. The number of benzene rings is 1. The molecule has 0 spiro atoms. The molecule has 20 heavy (non-hydrogen) atoms. The predicted octanol–water partition coefficient (Wildman–Crippen LogP) is 2.54. The molecule has 1 N–H and O–H groups in total. The molecule has 2 aromatic rings. The summed E-state index contributed by atoms with van der Waals surface area (Å²) in [4.78, 5) is 15.7. The molecule has 0 aliphatic heterocycles. The lowest BCUT2D eigenvalue weighted by atomic mass is 10.2. The van der Waals surface area contributed by atoms with Crippen LogP contribution in [0.2, 0.25) is 0 Å². The van der Waals surface area contributed by atoms with Gasteiger partial charge in [-0.1, -0.05) is 0 Å². The number of aryl methyl sites for hydroxylation is 1. The molecule has 1 atom stereocenters. The fraction of sp³-hybridized carbons (Fsp3) is 0.333. The molecule has 1 heterocycles. The summed E-state index contributed by atoms with van der Waals surface area (Å²) in [5.74, 6) is 0.688. The molecule has 5 nitrogen and oxygen atoms in total. The quantitative estimate of drug-likeness (QED) is 0.851. The fourth-order valence-corrected chi connectivity index (χ4v) is 1.95. The van der Waals surface area contributed by atoms with E-state index in [2.05, 4.69) is 10.3 Å². The molecule has 5 heteroatoms. The highest BCUT2D eigenvalue weighted by molar-refractivity contribution is 5.78. The Bertz CT molecular complexity index is 575. The van der Waals surface area contributed by atoms with Crippen LogP contribution < -0.4 is 5.32 Å². The average molecular weight is 273 g/mol. The van der Waals surface area contributed by atoms with Crippen LogP contribution in [0.25, 0.3) is 5.69 Å². The minimum atomic E-state index is -0.365. The van der Waals surface area contributed by atoms with Crippen molar-refractivity contribution in [1.82, 2.24) is 9.55 Å². The van der Waals surface area contributed by atoms with Gasteiger partial charge in [-0.2, -0.15) is 0 Å². The first kappa shape index (κ1) is 14.1. The van der Waals surface area contributed by atoms with Crippen molar-refractivity contribution in [3.05, 3.63) is 42.5 Å². The molecular weight excluding hydrogens is 254 g/mol. The SMILES string of the molecule is CCOC(=O)C(C)Nc1ccc(-n2ccnc2C)cc1. The molecule has 1 unspecified atom stereocenters. The van der Waals surface area contributed by atoms with Crippen LogP contribution in [0.5, 0.6) is 0 Å². The van der Waals surface area contributed by atoms with Crippen molar-refractivity contribution >= 4 is 11.7 Å². The third-order valence-electron chi connectivity index (χ3n) is 2.99. The van der Waals surface area contributed by atoms with Gasteiger partial charge >= 0.3 is 5.97 Å². The van der Waals surface area contributed by atoms with Crippen LogP contribution in [-0.4, -0.2) is 28.2 Å². The zero-order valence-electron chi connectivity index (χ0n) is 12.0. The Kier molecular flexibility index (Phi) is 4.40. The highest BCUT2D eigenvalue weighted by Gasteiger charge is 2.13. The van der Waals surface area contributed by atoms with Gasteiger partial charge in [0, 0.05) is 23.8 Å². The Morgan fingerprint density at radius 2 is 2.10 bits per heavy atom. The lowest BCUT2D eigenvalue weighted by molar-refractivity contribution is -0.143. The molecule has 0 radical (unpaired) electrons. The molecule has 0 aliphatic rings. The second-order valence-electron chi connectivity index (χ2n) is 4.51. The van der Waals surface area contributed by atoms with E-state index in [1.165, 1.54) is 0 Å². The summed E-state index contributed by atoms with van der Waals surface area (Å²) in [5.41, 5.74) is 1.92. The standard InChI is InChI=1S/C15H19N3O2/c1-4-20-15(19)11(2)17-13-5-7-14(8-6-13)18-10-9-16-12(18)3/h5-11,17H,4H2,1-3H3. The number of esters is 1. The summed E-state index contributed by atoms with van der Waals surface area (Å²) in [5, 5.41) is 3.11. The van der Waals surface area contributed by atoms with Gasteiger partial charge in [-0.05, 0) is 45.0 Å². The first-order valence-electron chi connectivity index (χ1n) is 6.65. The van der Waals surface area contributed by atoms with Crippen LogP contribution in [0, 0.1) is 6.92 Å². The summed E-state index contributed by atoms with van der Waals surface area (Å²) in [6.07, 6.45) is 3.68. The molecule has 2 rings (SSSR count). The lowest BCUT2D eigenvalue weighted by Crippen LogP contribution is -2.28. The monoisotopic (exact) mass is 273 g/mol. The highest BCUT2D eigenvalue weighted by Crippen LogP contribution is 2.15. The third-order valence-corrected chi connectivity index (χ3v) is 2.99. The number of aromatic nitrogens is 2. The molecular formula is C15H19N3O2. The minimum absolute atomic E-state index is 0.248. The Balaban J connectivity index is 2.05. The van der Waals surface area contributed by atoms with Crippen molar-refractivity contribution in [3.8, 4) is 5.69 Å². The zero-order chi connectivity index (χ0) is 14.5. The molecule has 0 saturated heterocycles. The first-order chi connectivity index (χ1) is 9.61. The van der Waals surface area contributed by atoms with E-state index in [9.17, 15) is 4.79 Å². The van der Waals surface area contributed by atoms with Gasteiger partial charge in [-0.25, -0.2) is 9.78 Å². The van der Waals surface area contributed by atoms with Crippen LogP contribution in [0.1, 0.15) is 19.7 Å². The zero-order valence-corrected chi connectivity index (χ0v) is 12.0. The first-order valence-corrected chi connectivity index (χ1v) is 6.65. The smallest absolute Gasteiger partial charge is 0.328 e. The number of hydrogen-bond donors (Lipinski definition) is 1. The molecule has 0 amide bonds. The molecule has 1 aromatic carbocycles. The minimum Gasteiger partial charge on any atom is -0.464 e. The second-order valence-corrected chi connectivity index (χ2v) is 4.51. The molecule has 0 fully saturated rings. The Morgan fingerprint density at radius 3 is 2.65 bits per heavy atom. The van der Waals surface area contributed by atoms with Gasteiger partial charge in [-0.3, -0.25) is 0 Å². The van der Waals surface area contributed by atoms with Crippen molar-refractivity contribution in [3.63, 3.8) is 0 Å². The van der Waals surface area contributed by atoms with Crippen molar-refractivity contribution in [2.24, 2.45) is 0 Å². The van der Waals surface area contributed by atoms with Gasteiger partial charge in [0.25, 0.3) is 0 Å². The molecule has 0 saturated carbocycles. The van der Waals surface area contributed by atoms with Gasteiger partial charge in [-0.15, -0.1) is 0 Å². The molecule has 1 aromatic heterocycles. The predicted molar refractivity (Wildman–Crippen MR) is 78.0 cm³/mol. The number of carbonyl (C=O) groups excluding carboxylic acids is 1. The van der Waals surface area contributed by atoms with Crippen molar-refractivity contribution in [2.45, 2.75) is 26.8 Å². The Labute approximate surface area is 118 Å². The number of nitrogens with zero attached hydrogens (tertiary/aromatic N) is 2. The van der Waals surface area contributed by atoms with Crippen molar-refractivity contribution in [2.75, 3.05) is 11.9 Å². The van der Waals surface area contributed by atoms with Crippen LogP contribution in [0.4, 0.5) is 5.69 Å². The van der Waals surface area contributed by atoms with Crippen molar-refractivity contribution in [1.29, 1.82) is 0 Å². The molecule has 106 valence electrons. The highest BCUT2D eigenvalue weighted by atomic mass is 16.5. The Morgan fingerprint density at radius 1 is 1.40 bits per heavy atom. The van der Waals surface area contributed by atoms with E-state index in [0.717, 1.165) is 17.2 Å². The fourth-order valence-electron chi connectivity index (χ4n) is 1.95. The molecule has 0 aliphatic carbocycles. The number of nitrogens with one attached hydrogen (secondary N) is 1. The maximum atomic E-state index is 11.5. The van der Waals surface area contributed by atoms with Crippen LogP contribution >= 0.6 is 0 Å². The van der Waals surface area contributed by atoms with E-state index in [4.69, 9.17) is 4.74 Å². The van der Waals surface area contributed by atoms with Gasteiger partial charge in [0.15, 0.2) is 0 Å². The van der Waals surface area contributed by atoms with E-state index in [0.29, 0.717) is 6.61 Å². The second kappa shape index (κ2) is 6.23. The molecule has 0 bridgehead atoms. The average Bonchev–Trinajstić information content (AvgIpc) is 2.86. The Hall–Kier alpha value is -2.30. The topological polar surface area (TPSA) is 56.1 Å². The largest absolute Gasteiger partial charge is 0.464 e. The van der Waals surface area contributed by atoms with Crippen LogP contribution in [0.15, 0.2) is 36.7 Å². The van der Waals surface area contributed by atoms with Crippen LogP contribution in [0.3, 0.4) is 0 Å². The summed E-state index contributed by atoms with van der Waals surface area (Å²) in [7, 11) is 0. The van der Waals surface area contributed by atoms with Gasteiger partial charge in [0.2, 0.25) is 0 Å². The maximum absolute atomic E-state index is 11.5. The van der Waals surface area contributed by atoms with E-state index in [1.54, 1.807) is 20.0 Å². The van der Waals surface area contributed by atoms with E-state index >= 15 is 0 Å². The number of imidazole rings is 1. The summed E-state index contributed by atoms with van der Waals surface area (Å²) >= 11 is 0. The third kappa shape index (κ3) is 3.17. The van der Waals surface area contributed by atoms with E-state index in [1.807, 2.05) is 42.0 Å². The maximum Gasteiger partial charge on any atom is 0.328 e. The van der Waals surface area contributed by atoms with Gasteiger partial charge in [0.05, 0.1) is 6.61 Å². The van der Waals surface area contributed by atoms with E-state index < -0.39 is 0 Å². The number of rotatable bonds is 5. The summed E-state index contributed by atoms with van der Waals surface area (Å²) in [6.45, 7) is 5.93. The van der Waals surface area contributed by atoms with Crippen LogP contribution in [-0.2, 0) is 9.53 Å². The summed E-state index contributed by atoms with van der Waals surface area (Å²) in [6, 6.07) is 7.47. The van der Waals surface area contributed by atoms with Gasteiger partial charge < -0.3 is 14.6 Å². The van der Waals surface area contributed by atoms with Gasteiger partial charge in [0.1, 0.15) is 11.9 Å². The number of hydrogen-bond acceptors (Lipinski definition) is 4. The summed E-state index contributed by atoms with van der Waals surface area (Å²) < 4.78 is 6.96. The van der Waals surface area contributed by atoms with Crippen molar-refractivity contribution < 1.29 is 9.53 Å². The normalized spacial score (nSPS) is 11.9. The number of ether oxygens (including phenoxy) is 1.